The van der Waals surface area contributed by atoms with Crippen molar-refractivity contribution in [3.8, 4) is 0 Å². The second-order valence-corrected chi connectivity index (χ2v) is 1.69. The van der Waals surface area contributed by atoms with E-state index in [0.29, 0.717) is 0 Å². The predicted octanol–water partition coefficient (Wildman–Crippen LogP) is 1.59. The predicted molar refractivity (Wildman–Crippen MR) is 34.9 cm³/mol. The zero-order valence-corrected chi connectivity index (χ0v) is 5.76. The van der Waals surface area contributed by atoms with Crippen LogP contribution < -0.4 is 0 Å². The van der Waals surface area contributed by atoms with Crippen LogP contribution in [0.15, 0.2) is 24.3 Å². The summed E-state index contributed by atoms with van der Waals surface area (Å²) in [7, 11) is 0. The highest BCUT2D eigenvalue weighted by Gasteiger charge is 1.97. The van der Waals surface area contributed by atoms with Gasteiger partial charge in [0.05, 0.1) is 0 Å². The van der Waals surface area contributed by atoms with Crippen molar-refractivity contribution >= 4 is 11.6 Å². The van der Waals surface area contributed by atoms with Crippen LogP contribution in [0.1, 0.15) is 0 Å². The van der Waals surface area contributed by atoms with Gasteiger partial charge in [-0.05, 0) is 24.3 Å². The molecule has 5 heteroatoms. The molecule has 0 spiro atoms. The molecule has 0 amide bonds. The van der Waals surface area contributed by atoms with E-state index in [-0.39, 0.29) is 11.6 Å². The van der Waals surface area contributed by atoms with Crippen LogP contribution in [0.5, 0.6) is 0 Å². The maximum atomic E-state index is 10.3. The SMILES string of the molecule is F[C](F)F.O=C1C=CC(=O)C=C1. The minimum Gasteiger partial charge on any atom is -0.290 e. The Labute approximate surface area is 66.4 Å². The number of carbonyl (C=O) groups is 2. The van der Waals surface area contributed by atoms with Gasteiger partial charge in [0.2, 0.25) is 0 Å². The molecule has 0 aromatic rings. The molecule has 0 heterocycles. The number of halogens is 3. The van der Waals surface area contributed by atoms with Crippen LogP contribution in [0.25, 0.3) is 0 Å². The summed E-state index contributed by atoms with van der Waals surface area (Å²) in [5.41, 5.74) is 0. The largest absolute Gasteiger partial charge is 0.487 e. The van der Waals surface area contributed by atoms with Gasteiger partial charge in [-0.1, -0.05) is 0 Å². The molecule has 0 aliphatic heterocycles. The molecule has 1 aliphatic rings. The third-order valence-electron chi connectivity index (χ3n) is 0.824. The monoisotopic (exact) mass is 177 g/mol. The Hall–Kier alpha value is -1.39. The Morgan fingerprint density at radius 2 is 1.00 bits per heavy atom. The molecule has 1 rings (SSSR count). The number of allylic oxidation sites excluding steroid dienone is 4. The average molecular weight is 177 g/mol. The lowest BCUT2D eigenvalue weighted by molar-refractivity contribution is -0.113. The fourth-order valence-corrected chi connectivity index (χ4v) is 0.440. The second-order valence-electron chi connectivity index (χ2n) is 1.69. The van der Waals surface area contributed by atoms with Gasteiger partial charge in [0.25, 0.3) is 0 Å². The number of rotatable bonds is 0. The van der Waals surface area contributed by atoms with E-state index in [4.69, 9.17) is 0 Å². The Morgan fingerprint density at radius 3 is 1.17 bits per heavy atom. The lowest BCUT2D eigenvalue weighted by atomic mass is 10.2. The van der Waals surface area contributed by atoms with Gasteiger partial charge >= 0.3 is 6.68 Å². The lowest BCUT2D eigenvalue weighted by Crippen LogP contribution is -1.97. The summed E-state index contributed by atoms with van der Waals surface area (Å²) in [5, 5.41) is 0. The van der Waals surface area contributed by atoms with E-state index in [1.54, 1.807) is 0 Å². The maximum absolute atomic E-state index is 10.3. The van der Waals surface area contributed by atoms with Crippen LogP contribution >= 0.6 is 0 Å². The molecule has 0 unspecified atom stereocenters. The molecule has 0 saturated heterocycles. The Morgan fingerprint density at radius 1 is 0.833 bits per heavy atom. The fraction of sp³-hybridized carbons (Fsp3) is 0. The lowest BCUT2D eigenvalue weighted by Gasteiger charge is -1.87. The topological polar surface area (TPSA) is 34.1 Å². The van der Waals surface area contributed by atoms with Crippen molar-refractivity contribution in [2.75, 3.05) is 0 Å². The van der Waals surface area contributed by atoms with Crippen LogP contribution in [-0.4, -0.2) is 11.6 Å². The van der Waals surface area contributed by atoms with Gasteiger partial charge in [-0.2, -0.15) is 13.2 Å². The van der Waals surface area contributed by atoms with Crippen molar-refractivity contribution in [3.63, 3.8) is 0 Å². The van der Waals surface area contributed by atoms with Crippen LogP contribution in [-0.2, 0) is 9.59 Å². The van der Waals surface area contributed by atoms with Gasteiger partial charge in [0.15, 0.2) is 11.6 Å². The number of hydrogen-bond acceptors (Lipinski definition) is 2. The van der Waals surface area contributed by atoms with E-state index in [0.717, 1.165) is 0 Å². The molecule has 0 saturated carbocycles. The molecule has 0 aromatic carbocycles. The zero-order chi connectivity index (χ0) is 9.56. The van der Waals surface area contributed by atoms with Gasteiger partial charge in [-0.3, -0.25) is 9.59 Å². The standard InChI is InChI=1S/C6H4O2.CF3/c7-5-1-2-6(8)4-3-5;2-1(3)4/h1-4H;. The van der Waals surface area contributed by atoms with Crippen molar-refractivity contribution in [1.29, 1.82) is 0 Å². The van der Waals surface area contributed by atoms with Gasteiger partial charge in [-0.25, -0.2) is 0 Å². The summed E-state index contributed by atoms with van der Waals surface area (Å²) in [6.07, 6.45) is 5.01. The van der Waals surface area contributed by atoms with Crippen molar-refractivity contribution < 1.29 is 22.8 Å². The molecular weight excluding hydrogens is 173 g/mol. The highest BCUT2D eigenvalue weighted by atomic mass is 19.4. The van der Waals surface area contributed by atoms with Crippen LogP contribution in [0.2, 0.25) is 0 Å². The number of hydrogen-bond donors (Lipinski definition) is 0. The summed E-state index contributed by atoms with van der Waals surface area (Å²) in [4.78, 5) is 20.6. The molecule has 1 radical (unpaired) electrons. The van der Waals surface area contributed by atoms with Crippen LogP contribution in [0.3, 0.4) is 0 Å². The number of ketones is 2. The zero-order valence-electron chi connectivity index (χ0n) is 5.76. The highest BCUT2D eigenvalue weighted by molar-refractivity contribution is 6.14. The third kappa shape index (κ3) is 6.73. The van der Waals surface area contributed by atoms with Gasteiger partial charge in [-0.15, -0.1) is 0 Å². The van der Waals surface area contributed by atoms with E-state index < -0.39 is 6.68 Å². The first-order chi connectivity index (χ1) is 5.52. The highest BCUT2D eigenvalue weighted by Crippen LogP contribution is 1.99. The molecule has 0 atom stereocenters. The maximum Gasteiger partial charge on any atom is 0.487 e. The Kier molecular flexibility index (Phi) is 4.67. The van der Waals surface area contributed by atoms with Gasteiger partial charge in [0, 0.05) is 0 Å². The molecule has 65 valence electrons. The molecule has 0 aromatic heterocycles. The van der Waals surface area contributed by atoms with E-state index in [1.807, 2.05) is 0 Å². The Balaban J connectivity index is 0.000000261. The quantitative estimate of drug-likeness (QED) is 0.526. The van der Waals surface area contributed by atoms with Crippen molar-refractivity contribution in [3.05, 3.63) is 31.0 Å². The smallest absolute Gasteiger partial charge is 0.290 e. The average Bonchev–Trinajstić information content (AvgIpc) is 1.94. The first-order valence-electron chi connectivity index (χ1n) is 2.80. The first kappa shape index (κ1) is 10.6. The normalized spacial score (nSPS) is 14.7. The van der Waals surface area contributed by atoms with Gasteiger partial charge < -0.3 is 0 Å². The van der Waals surface area contributed by atoms with E-state index in [1.165, 1.54) is 24.3 Å². The summed E-state index contributed by atoms with van der Waals surface area (Å²) >= 11 is 0. The van der Waals surface area contributed by atoms with Gasteiger partial charge in [0.1, 0.15) is 0 Å². The van der Waals surface area contributed by atoms with E-state index in [2.05, 4.69) is 0 Å². The Bertz CT molecular complexity index is 190. The summed E-state index contributed by atoms with van der Waals surface area (Å²) < 4.78 is 28.8. The minimum absolute atomic E-state index is 0.121. The second kappa shape index (κ2) is 5.29. The first-order valence-corrected chi connectivity index (χ1v) is 2.80. The molecule has 0 bridgehead atoms. The molecule has 0 N–H and O–H groups in total. The molecule has 1 aliphatic carbocycles. The summed E-state index contributed by atoms with van der Waals surface area (Å²) in [6, 6.07) is 0. The van der Waals surface area contributed by atoms with Crippen LogP contribution in [0.4, 0.5) is 13.2 Å². The van der Waals surface area contributed by atoms with Crippen molar-refractivity contribution in [2.45, 2.75) is 0 Å². The summed E-state index contributed by atoms with van der Waals surface area (Å²) in [5.74, 6) is -0.241. The van der Waals surface area contributed by atoms with Crippen molar-refractivity contribution in [2.24, 2.45) is 0 Å². The molecular formula is C7H4F3O2. The van der Waals surface area contributed by atoms with Crippen LogP contribution in [0, 0.1) is 6.68 Å². The minimum atomic E-state index is -3.08. The van der Waals surface area contributed by atoms with Crippen molar-refractivity contribution in [1.82, 2.24) is 0 Å². The summed E-state index contributed by atoms with van der Waals surface area (Å²) in [6.45, 7) is -3.08. The molecule has 12 heavy (non-hydrogen) atoms. The van der Waals surface area contributed by atoms with E-state index >= 15 is 0 Å². The third-order valence-corrected chi connectivity index (χ3v) is 0.824. The molecule has 2 nitrogen and oxygen atoms in total. The molecule has 0 fully saturated rings. The van der Waals surface area contributed by atoms with E-state index in [9.17, 15) is 22.8 Å². The number of carbonyl (C=O) groups excluding carboxylic acids is 2. The fourth-order valence-electron chi connectivity index (χ4n) is 0.440.